The van der Waals surface area contributed by atoms with Gasteiger partial charge in [0.1, 0.15) is 5.69 Å². The summed E-state index contributed by atoms with van der Waals surface area (Å²) >= 11 is 3.42. The monoisotopic (exact) mass is 315 g/mol. The molecule has 0 aliphatic rings. The molecular weight excluding hydrogens is 294 g/mol. The summed E-state index contributed by atoms with van der Waals surface area (Å²) in [6.07, 6.45) is 1.69. The van der Waals surface area contributed by atoms with E-state index in [1.165, 1.54) is 0 Å². The molecule has 4 nitrogen and oxygen atoms in total. The summed E-state index contributed by atoms with van der Waals surface area (Å²) in [5, 5.41) is 4.21. The maximum atomic E-state index is 12.8. The van der Waals surface area contributed by atoms with Crippen LogP contribution in [0.2, 0.25) is 0 Å². The summed E-state index contributed by atoms with van der Waals surface area (Å²) in [4.78, 5) is 14.9. The minimum absolute atomic E-state index is 0.109. The molecule has 0 spiro atoms. The van der Waals surface area contributed by atoms with Crippen molar-refractivity contribution in [2.75, 3.05) is 13.1 Å². The molecule has 0 N–H and O–H groups in total. The average Bonchev–Trinajstić information content (AvgIpc) is 2.70. The lowest BCUT2D eigenvalue weighted by molar-refractivity contribution is 0.0656. The average molecular weight is 316 g/mol. The highest BCUT2D eigenvalue weighted by molar-refractivity contribution is 9.10. The number of ketones is 1. The second kappa shape index (κ2) is 5.97. The minimum Gasteiger partial charge on any atom is -0.292 e. The van der Waals surface area contributed by atoms with Crippen molar-refractivity contribution in [2.45, 2.75) is 46.7 Å². The van der Waals surface area contributed by atoms with Gasteiger partial charge in [0, 0.05) is 6.54 Å². The van der Waals surface area contributed by atoms with Gasteiger partial charge < -0.3 is 0 Å². The fourth-order valence-electron chi connectivity index (χ4n) is 2.28. The Balaban J connectivity index is 3.16. The molecule has 1 heterocycles. The Morgan fingerprint density at radius 2 is 1.94 bits per heavy atom. The van der Waals surface area contributed by atoms with Gasteiger partial charge in [-0.05, 0) is 49.8 Å². The molecule has 0 bridgehead atoms. The Labute approximate surface area is 117 Å². The van der Waals surface area contributed by atoms with Crippen LogP contribution < -0.4 is 0 Å². The minimum atomic E-state index is -0.515. The predicted molar refractivity (Wildman–Crippen MR) is 76.9 cm³/mol. The number of nitrogens with zero attached hydrogens (tertiary/aromatic N) is 3. The van der Waals surface area contributed by atoms with E-state index in [9.17, 15) is 4.79 Å². The van der Waals surface area contributed by atoms with E-state index < -0.39 is 5.54 Å². The van der Waals surface area contributed by atoms with Crippen LogP contribution in [0.25, 0.3) is 0 Å². The molecular formula is C13H22BrN3O. The highest BCUT2D eigenvalue weighted by atomic mass is 79.9. The van der Waals surface area contributed by atoms with Crippen molar-refractivity contribution < 1.29 is 4.79 Å². The molecule has 0 aliphatic heterocycles. The first-order chi connectivity index (χ1) is 8.39. The lowest BCUT2D eigenvalue weighted by Crippen LogP contribution is -2.50. The van der Waals surface area contributed by atoms with Crippen molar-refractivity contribution in [3.05, 3.63) is 16.4 Å². The van der Waals surface area contributed by atoms with Gasteiger partial charge in [0.2, 0.25) is 5.78 Å². The van der Waals surface area contributed by atoms with Crippen LogP contribution in [0.3, 0.4) is 0 Å². The quantitative estimate of drug-likeness (QED) is 0.757. The molecule has 0 radical (unpaired) electrons. The van der Waals surface area contributed by atoms with E-state index in [1.54, 1.807) is 10.9 Å². The van der Waals surface area contributed by atoms with Gasteiger partial charge >= 0.3 is 0 Å². The molecule has 0 atom stereocenters. The number of halogens is 1. The molecule has 5 heteroatoms. The Morgan fingerprint density at radius 1 is 1.39 bits per heavy atom. The van der Waals surface area contributed by atoms with E-state index in [0.29, 0.717) is 12.2 Å². The van der Waals surface area contributed by atoms with Crippen LogP contribution in [-0.4, -0.2) is 39.1 Å². The molecule has 102 valence electrons. The van der Waals surface area contributed by atoms with Crippen LogP contribution in [0, 0.1) is 0 Å². The van der Waals surface area contributed by atoms with Gasteiger partial charge in [-0.3, -0.25) is 14.4 Å². The molecule has 0 aliphatic carbocycles. The van der Waals surface area contributed by atoms with E-state index in [-0.39, 0.29) is 5.78 Å². The van der Waals surface area contributed by atoms with Gasteiger partial charge in [0.05, 0.1) is 16.2 Å². The van der Waals surface area contributed by atoms with Crippen LogP contribution in [0.5, 0.6) is 0 Å². The summed E-state index contributed by atoms with van der Waals surface area (Å²) in [5.41, 5.74) is 0.147. The van der Waals surface area contributed by atoms with Crippen LogP contribution in [0.4, 0.5) is 0 Å². The summed E-state index contributed by atoms with van der Waals surface area (Å²) in [6, 6.07) is 0. The second-order valence-electron chi connectivity index (χ2n) is 4.72. The van der Waals surface area contributed by atoms with E-state index >= 15 is 0 Å². The molecule has 0 aromatic carbocycles. The van der Waals surface area contributed by atoms with Crippen LogP contribution in [-0.2, 0) is 6.54 Å². The van der Waals surface area contributed by atoms with Gasteiger partial charge in [0.25, 0.3) is 0 Å². The topological polar surface area (TPSA) is 38.1 Å². The van der Waals surface area contributed by atoms with Crippen molar-refractivity contribution >= 4 is 21.7 Å². The third-order valence-electron chi connectivity index (χ3n) is 3.42. The van der Waals surface area contributed by atoms with Gasteiger partial charge in [-0.1, -0.05) is 13.8 Å². The molecule has 18 heavy (non-hydrogen) atoms. The molecule has 0 amide bonds. The van der Waals surface area contributed by atoms with Gasteiger partial charge in [-0.15, -0.1) is 0 Å². The largest absolute Gasteiger partial charge is 0.292 e. The number of aromatic nitrogens is 2. The molecule has 0 saturated carbocycles. The standard InChI is InChI=1S/C13H22BrN3O/c1-6-16(7-2)13(4,5)12(18)11-10(14)9-15-17(11)8-3/h9H,6-8H2,1-5H3. The Morgan fingerprint density at radius 3 is 2.39 bits per heavy atom. The Kier molecular flexibility index (Phi) is 5.10. The lowest BCUT2D eigenvalue weighted by Gasteiger charge is -2.35. The molecule has 1 rings (SSSR count). The van der Waals surface area contributed by atoms with Crippen LogP contribution in [0.1, 0.15) is 45.1 Å². The summed E-state index contributed by atoms with van der Waals surface area (Å²) < 4.78 is 2.52. The highest BCUT2D eigenvalue weighted by Crippen LogP contribution is 2.25. The smallest absolute Gasteiger partial charge is 0.201 e. The first kappa shape index (κ1) is 15.4. The number of aryl methyl sites for hydroxylation is 1. The number of carbonyl (C=O) groups is 1. The van der Waals surface area contributed by atoms with Crippen molar-refractivity contribution in [3.8, 4) is 0 Å². The summed E-state index contributed by atoms with van der Waals surface area (Å²) in [5.74, 6) is 0.109. The van der Waals surface area contributed by atoms with Gasteiger partial charge in [-0.2, -0.15) is 5.10 Å². The number of likely N-dealkylation sites (N-methyl/N-ethyl adjacent to an activating group) is 1. The molecule has 0 saturated heterocycles. The van der Waals surface area contributed by atoms with Crippen molar-refractivity contribution in [1.82, 2.24) is 14.7 Å². The zero-order valence-electron chi connectivity index (χ0n) is 11.8. The predicted octanol–water partition coefficient (Wildman–Crippen LogP) is 2.97. The fraction of sp³-hybridized carbons (Fsp3) is 0.692. The third-order valence-corrected chi connectivity index (χ3v) is 4.00. The number of Topliss-reactive ketones (excluding diaryl/α,β-unsaturated/α-hetero) is 1. The van der Waals surface area contributed by atoms with Crippen molar-refractivity contribution in [3.63, 3.8) is 0 Å². The summed E-state index contributed by atoms with van der Waals surface area (Å²) in [7, 11) is 0. The van der Waals surface area contributed by atoms with Gasteiger partial charge in [0.15, 0.2) is 0 Å². The molecule has 0 unspecified atom stereocenters. The fourth-order valence-corrected chi connectivity index (χ4v) is 2.75. The number of rotatable bonds is 6. The van der Waals surface area contributed by atoms with E-state index in [4.69, 9.17) is 0 Å². The van der Waals surface area contributed by atoms with Gasteiger partial charge in [-0.25, -0.2) is 0 Å². The number of carbonyl (C=O) groups excluding carboxylic acids is 1. The first-order valence-electron chi connectivity index (χ1n) is 6.41. The third kappa shape index (κ3) is 2.67. The first-order valence-corrected chi connectivity index (χ1v) is 7.20. The van der Waals surface area contributed by atoms with Crippen molar-refractivity contribution in [2.24, 2.45) is 0 Å². The molecule has 1 aromatic heterocycles. The normalized spacial score (nSPS) is 12.2. The molecule has 1 aromatic rings. The lowest BCUT2D eigenvalue weighted by atomic mass is 9.94. The number of hydrogen-bond donors (Lipinski definition) is 0. The second-order valence-corrected chi connectivity index (χ2v) is 5.57. The zero-order chi connectivity index (χ0) is 13.9. The van der Waals surface area contributed by atoms with E-state index in [0.717, 1.165) is 17.6 Å². The maximum absolute atomic E-state index is 12.8. The number of hydrogen-bond acceptors (Lipinski definition) is 3. The highest BCUT2D eigenvalue weighted by Gasteiger charge is 2.36. The SMILES string of the molecule is CCN(CC)C(C)(C)C(=O)c1c(Br)cnn1CC. The zero-order valence-corrected chi connectivity index (χ0v) is 13.4. The van der Waals surface area contributed by atoms with E-state index in [1.807, 2.05) is 20.8 Å². The van der Waals surface area contributed by atoms with Crippen LogP contribution in [0.15, 0.2) is 10.7 Å². The Hall–Kier alpha value is -0.680. The molecule has 0 fully saturated rings. The Bertz CT molecular complexity index is 422. The van der Waals surface area contributed by atoms with Crippen LogP contribution >= 0.6 is 15.9 Å². The summed E-state index contributed by atoms with van der Waals surface area (Å²) in [6.45, 7) is 12.5. The van der Waals surface area contributed by atoms with E-state index in [2.05, 4.69) is 39.8 Å². The van der Waals surface area contributed by atoms with Crippen molar-refractivity contribution in [1.29, 1.82) is 0 Å². The maximum Gasteiger partial charge on any atom is 0.201 e.